The largest absolute Gasteiger partial charge is 0.357 e. The molecule has 0 aliphatic carbocycles. The third kappa shape index (κ3) is 5.84. The molecule has 2 aromatic rings. The van der Waals surface area contributed by atoms with Gasteiger partial charge in [0.1, 0.15) is 5.01 Å². The van der Waals surface area contributed by atoms with Gasteiger partial charge in [-0.25, -0.2) is 9.98 Å². The molecule has 1 heterocycles. The van der Waals surface area contributed by atoms with Crippen LogP contribution in [-0.2, 0) is 13.0 Å². The summed E-state index contributed by atoms with van der Waals surface area (Å²) in [6.07, 6.45) is 0.928. The van der Waals surface area contributed by atoms with Gasteiger partial charge in [0.25, 0.3) is 0 Å². The highest BCUT2D eigenvalue weighted by molar-refractivity contribution is 7.11. The molecule has 1 aromatic carbocycles. The summed E-state index contributed by atoms with van der Waals surface area (Å²) in [4.78, 5) is 10.4. The number of aromatic nitrogens is 1. The molecule has 0 spiro atoms. The normalized spacial score (nSPS) is 11.6. The van der Waals surface area contributed by atoms with Gasteiger partial charge in [0, 0.05) is 23.0 Å². The number of halogens is 1. The zero-order valence-electron chi connectivity index (χ0n) is 13.8. The minimum absolute atomic E-state index is 0.607. The molecule has 0 unspecified atom stereocenters. The molecule has 0 atom stereocenters. The fourth-order valence-corrected chi connectivity index (χ4v) is 3.06. The fourth-order valence-electron chi connectivity index (χ4n) is 2.07. The zero-order chi connectivity index (χ0) is 16.7. The Kier molecular flexibility index (Phi) is 6.86. The van der Waals surface area contributed by atoms with Gasteiger partial charge in [-0.1, -0.05) is 23.7 Å². The monoisotopic (exact) mass is 350 g/mol. The first-order valence-electron chi connectivity index (χ1n) is 7.78. The third-order valence-electron chi connectivity index (χ3n) is 3.41. The van der Waals surface area contributed by atoms with Crippen molar-refractivity contribution >= 4 is 28.9 Å². The molecule has 0 fully saturated rings. The predicted molar refractivity (Wildman–Crippen MR) is 99.6 cm³/mol. The molecule has 0 amide bonds. The van der Waals surface area contributed by atoms with Crippen LogP contribution in [0.2, 0.25) is 5.02 Å². The van der Waals surface area contributed by atoms with E-state index >= 15 is 0 Å². The molecule has 4 nitrogen and oxygen atoms in total. The number of nitrogens with one attached hydrogen (secondary N) is 2. The summed E-state index contributed by atoms with van der Waals surface area (Å²) < 4.78 is 0. The van der Waals surface area contributed by atoms with Crippen molar-refractivity contribution in [2.75, 3.05) is 13.1 Å². The van der Waals surface area contributed by atoms with E-state index in [-0.39, 0.29) is 0 Å². The van der Waals surface area contributed by atoms with Crippen LogP contribution in [0.25, 0.3) is 0 Å². The third-order valence-corrected chi connectivity index (χ3v) is 4.72. The summed E-state index contributed by atoms with van der Waals surface area (Å²) in [5, 5.41) is 8.44. The average Bonchev–Trinajstić information content (AvgIpc) is 2.85. The van der Waals surface area contributed by atoms with Crippen molar-refractivity contribution in [3.05, 3.63) is 50.4 Å². The molecule has 2 rings (SSSR count). The molecule has 0 bridgehead atoms. The second-order valence-electron chi connectivity index (χ2n) is 5.25. The van der Waals surface area contributed by atoms with Crippen molar-refractivity contribution in [2.45, 2.75) is 33.7 Å². The van der Waals surface area contributed by atoms with Crippen molar-refractivity contribution in [1.29, 1.82) is 0 Å². The van der Waals surface area contributed by atoms with Gasteiger partial charge in [0.15, 0.2) is 5.96 Å². The average molecular weight is 351 g/mol. The topological polar surface area (TPSA) is 49.3 Å². The van der Waals surface area contributed by atoms with Crippen LogP contribution in [0, 0.1) is 13.8 Å². The van der Waals surface area contributed by atoms with Crippen LogP contribution >= 0.6 is 22.9 Å². The van der Waals surface area contributed by atoms with Gasteiger partial charge in [0.2, 0.25) is 0 Å². The first-order chi connectivity index (χ1) is 11.1. The molecule has 124 valence electrons. The minimum atomic E-state index is 0.607. The van der Waals surface area contributed by atoms with E-state index in [1.807, 2.05) is 19.1 Å². The number of nitrogens with zero attached hydrogens (tertiary/aromatic N) is 2. The van der Waals surface area contributed by atoms with E-state index in [0.29, 0.717) is 6.54 Å². The lowest BCUT2D eigenvalue weighted by atomic mass is 10.1. The highest BCUT2D eigenvalue weighted by Gasteiger charge is 2.04. The smallest absolute Gasteiger partial charge is 0.191 e. The molecule has 1 aromatic heterocycles. The number of thiazole rings is 1. The second kappa shape index (κ2) is 8.89. The van der Waals surface area contributed by atoms with Gasteiger partial charge in [0.05, 0.1) is 12.2 Å². The van der Waals surface area contributed by atoms with E-state index in [1.54, 1.807) is 11.3 Å². The fraction of sp³-hybridized carbons (Fsp3) is 0.412. The van der Waals surface area contributed by atoms with Gasteiger partial charge >= 0.3 is 0 Å². The lowest BCUT2D eigenvalue weighted by Gasteiger charge is -2.11. The molecule has 0 aliphatic heterocycles. The lowest BCUT2D eigenvalue weighted by Crippen LogP contribution is -2.38. The lowest BCUT2D eigenvalue weighted by molar-refractivity contribution is 0.798. The number of hydrogen-bond acceptors (Lipinski definition) is 3. The van der Waals surface area contributed by atoms with E-state index in [1.165, 1.54) is 10.4 Å². The van der Waals surface area contributed by atoms with Crippen LogP contribution in [0.1, 0.15) is 28.1 Å². The Morgan fingerprint density at radius 2 is 1.96 bits per heavy atom. The van der Waals surface area contributed by atoms with Gasteiger partial charge < -0.3 is 10.6 Å². The summed E-state index contributed by atoms with van der Waals surface area (Å²) in [7, 11) is 0. The molecule has 0 saturated heterocycles. The van der Waals surface area contributed by atoms with Crippen LogP contribution in [0.5, 0.6) is 0 Å². The molecule has 0 aliphatic rings. The SMILES string of the molecule is CCNC(=NCc1nc(C)c(C)s1)NCCc1ccc(Cl)cc1. The Bertz CT molecular complexity index is 630. The van der Waals surface area contributed by atoms with Crippen molar-refractivity contribution in [2.24, 2.45) is 4.99 Å². The van der Waals surface area contributed by atoms with Crippen molar-refractivity contribution in [1.82, 2.24) is 15.6 Å². The Balaban J connectivity index is 1.87. The number of guanidine groups is 1. The molecule has 2 N–H and O–H groups in total. The van der Waals surface area contributed by atoms with E-state index in [4.69, 9.17) is 11.6 Å². The first kappa shape index (κ1) is 17.8. The van der Waals surface area contributed by atoms with E-state index in [0.717, 1.165) is 41.2 Å². The van der Waals surface area contributed by atoms with Gasteiger partial charge in [-0.05, 0) is 44.9 Å². The van der Waals surface area contributed by atoms with E-state index < -0.39 is 0 Å². The number of rotatable bonds is 6. The van der Waals surface area contributed by atoms with Crippen molar-refractivity contribution in [3.8, 4) is 0 Å². The quantitative estimate of drug-likeness (QED) is 0.616. The van der Waals surface area contributed by atoms with Crippen molar-refractivity contribution < 1.29 is 0 Å². The van der Waals surface area contributed by atoms with Crippen LogP contribution < -0.4 is 10.6 Å². The molecular weight excluding hydrogens is 328 g/mol. The summed E-state index contributed by atoms with van der Waals surface area (Å²) in [6, 6.07) is 7.94. The number of aryl methyl sites for hydroxylation is 2. The standard InChI is InChI=1S/C17H23ClN4S/c1-4-19-17(21-11-16-22-12(2)13(3)23-16)20-10-9-14-5-7-15(18)8-6-14/h5-8H,4,9-11H2,1-3H3,(H2,19,20,21). The molecule has 0 saturated carbocycles. The highest BCUT2D eigenvalue weighted by Crippen LogP contribution is 2.16. The number of aliphatic imine (C=N–C) groups is 1. The van der Waals surface area contributed by atoms with Gasteiger partial charge in [-0.15, -0.1) is 11.3 Å². The van der Waals surface area contributed by atoms with Gasteiger partial charge in [-0.2, -0.15) is 0 Å². The maximum absolute atomic E-state index is 5.90. The van der Waals surface area contributed by atoms with Gasteiger partial charge in [-0.3, -0.25) is 0 Å². The van der Waals surface area contributed by atoms with Crippen LogP contribution in [-0.4, -0.2) is 24.0 Å². The van der Waals surface area contributed by atoms with Crippen LogP contribution in [0.4, 0.5) is 0 Å². The first-order valence-corrected chi connectivity index (χ1v) is 8.97. The summed E-state index contributed by atoms with van der Waals surface area (Å²) in [5.41, 5.74) is 2.35. The maximum atomic E-state index is 5.90. The Morgan fingerprint density at radius 1 is 1.22 bits per heavy atom. The summed E-state index contributed by atoms with van der Waals surface area (Å²) in [6.45, 7) is 8.46. The Hall–Kier alpha value is -1.59. The van der Waals surface area contributed by atoms with Crippen LogP contribution in [0.3, 0.4) is 0 Å². The van der Waals surface area contributed by atoms with Crippen molar-refractivity contribution in [3.63, 3.8) is 0 Å². The van der Waals surface area contributed by atoms with E-state index in [2.05, 4.69) is 46.6 Å². The predicted octanol–water partition coefficient (Wildman–Crippen LogP) is 3.71. The summed E-state index contributed by atoms with van der Waals surface area (Å²) >= 11 is 7.61. The highest BCUT2D eigenvalue weighted by atomic mass is 35.5. The Labute approximate surface area is 147 Å². The molecular formula is C17H23ClN4S. The van der Waals surface area contributed by atoms with Crippen LogP contribution in [0.15, 0.2) is 29.3 Å². The molecule has 0 radical (unpaired) electrons. The summed E-state index contributed by atoms with van der Waals surface area (Å²) in [5.74, 6) is 0.826. The second-order valence-corrected chi connectivity index (χ2v) is 6.97. The number of benzene rings is 1. The Morgan fingerprint density at radius 3 is 2.57 bits per heavy atom. The minimum Gasteiger partial charge on any atom is -0.357 e. The molecule has 6 heteroatoms. The zero-order valence-corrected chi connectivity index (χ0v) is 15.4. The number of hydrogen-bond donors (Lipinski definition) is 2. The molecule has 23 heavy (non-hydrogen) atoms. The maximum Gasteiger partial charge on any atom is 0.191 e. The van der Waals surface area contributed by atoms with E-state index in [9.17, 15) is 0 Å².